The molecule has 1 fully saturated rings. The van der Waals surface area contributed by atoms with Gasteiger partial charge >= 0.3 is 6.18 Å². The maximum atomic E-state index is 13.1. The molecule has 10 heteroatoms. The topological polar surface area (TPSA) is 56.1 Å². The minimum atomic E-state index is -4.45. The molecular weight excluding hydrogens is 395 g/mol. The number of halogens is 4. The molecule has 1 aromatic carbocycles. The molecule has 0 aliphatic carbocycles. The van der Waals surface area contributed by atoms with Crippen molar-refractivity contribution in [2.75, 3.05) is 18.1 Å². The molecule has 1 aliphatic rings. The number of hydrogen-bond donors (Lipinski definition) is 0. The van der Waals surface area contributed by atoms with Crippen LogP contribution in [0.15, 0.2) is 30.5 Å². The lowest BCUT2D eigenvalue weighted by molar-refractivity contribution is -0.137. The highest BCUT2D eigenvalue weighted by Crippen LogP contribution is 2.33. The zero-order valence-electron chi connectivity index (χ0n) is 15.1. The van der Waals surface area contributed by atoms with Gasteiger partial charge in [-0.25, -0.2) is 4.68 Å². The van der Waals surface area contributed by atoms with Crippen molar-refractivity contribution in [3.8, 4) is 5.69 Å². The lowest BCUT2D eigenvalue weighted by Crippen LogP contribution is -2.50. The molecule has 6 nitrogen and oxygen atoms in total. The summed E-state index contributed by atoms with van der Waals surface area (Å²) in [5, 5.41) is 4.88. The van der Waals surface area contributed by atoms with Crippen LogP contribution in [0.1, 0.15) is 19.4 Å². The van der Waals surface area contributed by atoms with Crippen molar-refractivity contribution in [2.24, 2.45) is 0 Å². The molecule has 0 saturated carbocycles. The van der Waals surface area contributed by atoms with Gasteiger partial charge < -0.3 is 9.64 Å². The largest absolute Gasteiger partial charge is 0.416 e. The van der Waals surface area contributed by atoms with E-state index >= 15 is 0 Å². The Balaban J connectivity index is 1.87. The number of benzene rings is 1. The molecule has 3 heterocycles. The molecule has 148 valence electrons. The summed E-state index contributed by atoms with van der Waals surface area (Å²) >= 11 is 6.16. The molecule has 3 aromatic rings. The summed E-state index contributed by atoms with van der Waals surface area (Å²) < 4.78 is 46.2. The molecule has 1 saturated heterocycles. The van der Waals surface area contributed by atoms with Crippen LogP contribution in [0.4, 0.5) is 19.0 Å². The van der Waals surface area contributed by atoms with Crippen molar-refractivity contribution in [1.29, 1.82) is 0 Å². The van der Waals surface area contributed by atoms with Crippen LogP contribution < -0.4 is 4.90 Å². The van der Waals surface area contributed by atoms with Crippen molar-refractivity contribution < 1.29 is 17.9 Å². The molecular formula is C18H17ClF3N5O. The molecule has 4 rings (SSSR count). The normalized spacial score (nSPS) is 20.7. The first-order valence-corrected chi connectivity index (χ1v) is 9.08. The number of alkyl halides is 3. The number of nitrogens with zero attached hydrogens (tertiary/aromatic N) is 5. The summed E-state index contributed by atoms with van der Waals surface area (Å²) in [5.74, 6) is 0.594. The van der Waals surface area contributed by atoms with Gasteiger partial charge in [-0.15, -0.1) is 0 Å². The summed E-state index contributed by atoms with van der Waals surface area (Å²) in [5.41, 5.74) is -0.168. The molecule has 28 heavy (non-hydrogen) atoms. The molecule has 2 aromatic heterocycles. The van der Waals surface area contributed by atoms with Crippen LogP contribution >= 0.6 is 11.6 Å². The van der Waals surface area contributed by atoms with Crippen LogP contribution in [0.3, 0.4) is 0 Å². The summed E-state index contributed by atoms with van der Waals surface area (Å²) in [6, 6.07) is 5.02. The Kier molecular flexibility index (Phi) is 4.67. The van der Waals surface area contributed by atoms with Crippen LogP contribution in [-0.2, 0) is 10.9 Å². The van der Waals surface area contributed by atoms with E-state index in [1.165, 1.54) is 16.8 Å². The van der Waals surface area contributed by atoms with Gasteiger partial charge in [0.2, 0.25) is 5.28 Å². The first-order chi connectivity index (χ1) is 13.3. The smallest absolute Gasteiger partial charge is 0.377 e. The molecule has 1 aliphatic heterocycles. The zero-order chi connectivity index (χ0) is 20.1. The molecule has 0 bridgehead atoms. The summed E-state index contributed by atoms with van der Waals surface area (Å²) in [6.07, 6.45) is -2.90. The van der Waals surface area contributed by atoms with Gasteiger partial charge in [0, 0.05) is 0 Å². The fraction of sp³-hybridized carbons (Fsp3) is 0.389. The van der Waals surface area contributed by atoms with Gasteiger partial charge in [-0.1, -0.05) is 6.07 Å². The molecule has 0 N–H and O–H groups in total. The third-order valence-electron chi connectivity index (χ3n) is 4.71. The number of anilines is 1. The van der Waals surface area contributed by atoms with Gasteiger partial charge in [0.15, 0.2) is 5.65 Å². The first kappa shape index (κ1) is 18.9. The van der Waals surface area contributed by atoms with Crippen molar-refractivity contribution >= 4 is 28.5 Å². The SMILES string of the molecule is C[C@@H]1COC[C@@H](C)N1c1nc(Cl)nc2c1cnn2-c1cccc(C(F)(F)F)c1. The van der Waals surface area contributed by atoms with E-state index in [4.69, 9.17) is 16.3 Å². The number of rotatable bonds is 2. The van der Waals surface area contributed by atoms with Crippen LogP contribution in [-0.4, -0.2) is 45.0 Å². The fourth-order valence-corrected chi connectivity index (χ4v) is 3.65. The number of hydrogen-bond acceptors (Lipinski definition) is 5. The minimum Gasteiger partial charge on any atom is -0.377 e. The number of ether oxygens (including phenoxy) is 1. The van der Waals surface area contributed by atoms with Crippen molar-refractivity contribution in [3.63, 3.8) is 0 Å². The molecule has 0 radical (unpaired) electrons. The fourth-order valence-electron chi connectivity index (χ4n) is 3.49. The maximum absolute atomic E-state index is 13.1. The highest BCUT2D eigenvalue weighted by atomic mass is 35.5. The van der Waals surface area contributed by atoms with E-state index in [1.807, 2.05) is 13.8 Å². The van der Waals surface area contributed by atoms with Gasteiger partial charge in [-0.05, 0) is 43.6 Å². The van der Waals surface area contributed by atoms with Crippen molar-refractivity contribution in [3.05, 3.63) is 41.3 Å². The number of morpholine rings is 1. The van der Waals surface area contributed by atoms with Crippen LogP contribution in [0.2, 0.25) is 5.28 Å². The van der Waals surface area contributed by atoms with Gasteiger partial charge in [0.05, 0.1) is 48.1 Å². The Bertz CT molecular complexity index is 1010. The maximum Gasteiger partial charge on any atom is 0.416 e. The number of fused-ring (bicyclic) bond motifs is 1. The van der Waals surface area contributed by atoms with Crippen LogP contribution in [0.5, 0.6) is 0 Å². The molecule has 0 unspecified atom stereocenters. The van der Waals surface area contributed by atoms with E-state index in [1.54, 1.807) is 6.20 Å². The Hall–Kier alpha value is -2.39. The number of aromatic nitrogens is 4. The van der Waals surface area contributed by atoms with Gasteiger partial charge in [0.25, 0.3) is 0 Å². The lowest BCUT2D eigenvalue weighted by Gasteiger charge is -2.39. The highest BCUT2D eigenvalue weighted by Gasteiger charge is 2.32. The Morgan fingerprint density at radius 1 is 1.14 bits per heavy atom. The Labute approximate surface area is 163 Å². The predicted octanol–water partition coefficient (Wildman–Crippen LogP) is 4.10. The standard InChI is InChI=1S/C18H17ClF3N5O/c1-10-8-28-9-11(2)26(10)15-14-7-23-27(16(14)25-17(19)24-15)13-5-3-4-12(6-13)18(20,21)22/h3-7,10-11H,8-9H2,1-2H3/t10-,11-/m1/s1. The second-order valence-corrected chi connectivity index (χ2v) is 7.14. The van der Waals surface area contributed by atoms with Crippen LogP contribution in [0.25, 0.3) is 16.7 Å². The second-order valence-electron chi connectivity index (χ2n) is 6.80. The zero-order valence-corrected chi connectivity index (χ0v) is 15.9. The monoisotopic (exact) mass is 411 g/mol. The van der Waals surface area contributed by atoms with Gasteiger partial charge in [-0.3, -0.25) is 0 Å². The van der Waals surface area contributed by atoms with E-state index in [2.05, 4.69) is 20.0 Å². The lowest BCUT2D eigenvalue weighted by atomic mass is 10.1. The van der Waals surface area contributed by atoms with E-state index in [0.29, 0.717) is 30.1 Å². The van der Waals surface area contributed by atoms with Crippen molar-refractivity contribution in [2.45, 2.75) is 32.1 Å². The van der Waals surface area contributed by atoms with Crippen LogP contribution in [0, 0.1) is 0 Å². The summed E-state index contributed by atoms with van der Waals surface area (Å²) in [7, 11) is 0. The van der Waals surface area contributed by atoms with Crippen molar-refractivity contribution in [1.82, 2.24) is 19.7 Å². The third kappa shape index (κ3) is 3.29. The average Bonchev–Trinajstić information content (AvgIpc) is 3.04. The van der Waals surface area contributed by atoms with E-state index in [-0.39, 0.29) is 23.1 Å². The molecule has 0 spiro atoms. The van der Waals surface area contributed by atoms with Gasteiger partial charge in [-0.2, -0.15) is 28.2 Å². The highest BCUT2D eigenvalue weighted by molar-refractivity contribution is 6.28. The average molecular weight is 412 g/mol. The predicted molar refractivity (Wildman–Crippen MR) is 98.9 cm³/mol. The minimum absolute atomic E-state index is 0.00196. The van der Waals surface area contributed by atoms with Gasteiger partial charge in [0.1, 0.15) is 5.82 Å². The molecule has 2 atom stereocenters. The third-order valence-corrected chi connectivity index (χ3v) is 4.88. The Morgan fingerprint density at radius 2 is 1.86 bits per heavy atom. The van der Waals surface area contributed by atoms with E-state index in [9.17, 15) is 13.2 Å². The Morgan fingerprint density at radius 3 is 2.54 bits per heavy atom. The summed E-state index contributed by atoms with van der Waals surface area (Å²) in [6.45, 7) is 5.09. The summed E-state index contributed by atoms with van der Waals surface area (Å²) in [4.78, 5) is 10.7. The van der Waals surface area contributed by atoms with E-state index < -0.39 is 11.7 Å². The van der Waals surface area contributed by atoms with E-state index in [0.717, 1.165) is 12.1 Å². The molecule has 0 amide bonds. The quantitative estimate of drug-likeness (QED) is 0.594. The second kappa shape index (κ2) is 6.89. The first-order valence-electron chi connectivity index (χ1n) is 8.70.